The summed E-state index contributed by atoms with van der Waals surface area (Å²) >= 11 is 1.68. The van der Waals surface area contributed by atoms with Gasteiger partial charge in [-0.15, -0.1) is 0 Å². The van der Waals surface area contributed by atoms with Crippen LogP contribution in [0.5, 0.6) is 0 Å². The fourth-order valence-corrected chi connectivity index (χ4v) is 5.42. The van der Waals surface area contributed by atoms with E-state index in [1.807, 2.05) is 30.3 Å². The van der Waals surface area contributed by atoms with Crippen LogP contribution in [0.25, 0.3) is 0 Å². The van der Waals surface area contributed by atoms with Gasteiger partial charge in [0.1, 0.15) is 0 Å². The molecule has 0 aromatic heterocycles. The molecule has 116 valence electrons. The Morgan fingerprint density at radius 3 is 2.74 bits per heavy atom. The molecule has 2 heterocycles. The Kier molecular flexibility index (Phi) is 2.88. The van der Waals surface area contributed by atoms with E-state index < -0.39 is 5.72 Å². The minimum Gasteiger partial charge on any atom is -0.366 e. The number of aliphatic hydroxyl groups is 1. The largest absolute Gasteiger partial charge is 0.366 e. The lowest BCUT2D eigenvalue weighted by atomic mass is 9.83. The van der Waals surface area contributed by atoms with E-state index in [0.29, 0.717) is 5.75 Å². The second kappa shape index (κ2) is 4.86. The molecule has 3 nitrogen and oxygen atoms in total. The number of aliphatic imine (C=N–C) groups is 1. The molecular formula is C19H18N2OS. The van der Waals surface area contributed by atoms with Crippen molar-refractivity contribution in [3.05, 3.63) is 71.3 Å². The Hall–Kier alpha value is -1.78. The van der Waals surface area contributed by atoms with Crippen LogP contribution in [-0.4, -0.2) is 27.0 Å². The molecule has 0 bridgehead atoms. The van der Waals surface area contributed by atoms with Crippen LogP contribution in [0.3, 0.4) is 0 Å². The van der Waals surface area contributed by atoms with Gasteiger partial charge in [-0.25, -0.2) is 0 Å². The number of benzene rings is 2. The molecule has 4 heteroatoms. The number of hydrogen-bond acceptors (Lipinski definition) is 4. The van der Waals surface area contributed by atoms with Crippen molar-refractivity contribution in [2.75, 3.05) is 5.75 Å². The Morgan fingerprint density at radius 2 is 1.87 bits per heavy atom. The Balaban J connectivity index is 1.59. The third kappa shape index (κ3) is 1.85. The van der Waals surface area contributed by atoms with Gasteiger partial charge in [-0.1, -0.05) is 66.4 Å². The van der Waals surface area contributed by atoms with Crippen molar-refractivity contribution in [1.82, 2.24) is 4.90 Å². The SMILES string of the molecule is OC1(c2ccccc2)CSC2=N[C@H]3c4ccccc4CC[C@@H]3N21. The van der Waals surface area contributed by atoms with E-state index in [-0.39, 0.29) is 12.1 Å². The topological polar surface area (TPSA) is 35.8 Å². The van der Waals surface area contributed by atoms with E-state index in [0.717, 1.165) is 23.6 Å². The molecule has 2 aromatic rings. The number of nitrogens with zero attached hydrogens (tertiary/aromatic N) is 2. The lowest BCUT2D eigenvalue weighted by Gasteiger charge is -2.40. The van der Waals surface area contributed by atoms with Crippen LogP contribution in [0.2, 0.25) is 0 Å². The maximum absolute atomic E-state index is 11.4. The highest BCUT2D eigenvalue weighted by atomic mass is 32.2. The number of fused-ring (bicyclic) bond motifs is 5. The summed E-state index contributed by atoms with van der Waals surface area (Å²) in [6.07, 6.45) is 2.11. The highest BCUT2D eigenvalue weighted by Gasteiger charge is 2.54. The smallest absolute Gasteiger partial charge is 0.175 e. The average Bonchev–Trinajstić information content (AvgIpc) is 3.15. The first-order valence-corrected chi connectivity index (χ1v) is 9.11. The minimum absolute atomic E-state index is 0.165. The second-order valence-corrected chi connectivity index (χ2v) is 7.45. The Morgan fingerprint density at radius 1 is 1.09 bits per heavy atom. The van der Waals surface area contributed by atoms with Gasteiger partial charge in [0.05, 0.1) is 17.8 Å². The van der Waals surface area contributed by atoms with Crippen molar-refractivity contribution in [2.24, 2.45) is 4.99 Å². The maximum Gasteiger partial charge on any atom is 0.175 e. The van der Waals surface area contributed by atoms with Gasteiger partial charge < -0.3 is 10.0 Å². The molecule has 0 saturated carbocycles. The van der Waals surface area contributed by atoms with Gasteiger partial charge in [-0.2, -0.15) is 0 Å². The van der Waals surface area contributed by atoms with Crippen molar-refractivity contribution in [3.8, 4) is 0 Å². The third-order valence-corrected chi connectivity index (χ3v) is 6.38. The second-order valence-electron chi connectivity index (χ2n) is 6.50. The maximum atomic E-state index is 11.4. The van der Waals surface area contributed by atoms with Crippen LogP contribution in [0.1, 0.15) is 29.2 Å². The first kappa shape index (κ1) is 13.6. The molecule has 1 aliphatic carbocycles. The van der Waals surface area contributed by atoms with Crippen LogP contribution in [0, 0.1) is 0 Å². The minimum atomic E-state index is -0.934. The van der Waals surface area contributed by atoms with E-state index in [1.165, 1.54) is 11.1 Å². The molecule has 3 aliphatic rings. The molecule has 1 saturated heterocycles. The number of amidine groups is 1. The molecule has 23 heavy (non-hydrogen) atoms. The lowest BCUT2D eigenvalue weighted by Crippen LogP contribution is -2.50. The molecular weight excluding hydrogens is 304 g/mol. The zero-order valence-electron chi connectivity index (χ0n) is 12.7. The van der Waals surface area contributed by atoms with E-state index in [9.17, 15) is 5.11 Å². The molecule has 3 atom stereocenters. The predicted octanol–water partition coefficient (Wildman–Crippen LogP) is 3.31. The normalized spacial score (nSPS) is 31.3. The summed E-state index contributed by atoms with van der Waals surface area (Å²) in [5.74, 6) is 0.653. The highest BCUT2D eigenvalue weighted by molar-refractivity contribution is 8.14. The molecule has 1 unspecified atom stereocenters. The molecule has 0 spiro atoms. The van der Waals surface area contributed by atoms with Gasteiger partial charge in [0, 0.05) is 5.56 Å². The highest BCUT2D eigenvalue weighted by Crippen LogP contribution is 2.51. The predicted molar refractivity (Wildman–Crippen MR) is 93.4 cm³/mol. The Labute approximate surface area is 140 Å². The molecule has 2 aliphatic heterocycles. The molecule has 0 amide bonds. The first-order valence-electron chi connectivity index (χ1n) is 8.13. The van der Waals surface area contributed by atoms with Crippen molar-refractivity contribution < 1.29 is 5.11 Å². The van der Waals surface area contributed by atoms with Crippen LogP contribution >= 0.6 is 11.8 Å². The fraction of sp³-hybridized carbons (Fsp3) is 0.316. The van der Waals surface area contributed by atoms with Crippen LogP contribution in [0.15, 0.2) is 59.6 Å². The van der Waals surface area contributed by atoms with Gasteiger partial charge in [-0.3, -0.25) is 4.99 Å². The number of rotatable bonds is 1. The number of hydrogen-bond donors (Lipinski definition) is 1. The monoisotopic (exact) mass is 322 g/mol. The van der Waals surface area contributed by atoms with Crippen LogP contribution in [-0.2, 0) is 12.1 Å². The lowest BCUT2D eigenvalue weighted by molar-refractivity contribution is -0.0680. The van der Waals surface area contributed by atoms with Gasteiger partial charge >= 0.3 is 0 Å². The third-order valence-electron chi connectivity index (χ3n) is 5.27. The van der Waals surface area contributed by atoms with Gasteiger partial charge in [0.15, 0.2) is 10.9 Å². The van der Waals surface area contributed by atoms with Crippen molar-refractivity contribution in [2.45, 2.75) is 30.7 Å². The van der Waals surface area contributed by atoms with Crippen molar-refractivity contribution >= 4 is 16.9 Å². The van der Waals surface area contributed by atoms with E-state index in [2.05, 4.69) is 29.2 Å². The molecule has 0 radical (unpaired) electrons. The quantitative estimate of drug-likeness (QED) is 0.875. The summed E-state index contributed by atoms with van der Waals surface area (Å²) in [5.41, 5.74) is 2.78. The summed E-state index contributed by atoms with van der Waals surface area (Å²) in [6, 6.07) is 19.1. The van der Waals surface area contributed by atoms with E-state index in [1.54, 1.807) is 11.8 Å². The zero-order valence-corrected chi connectivity index (χ0v) is 13.5. The van der Waals surface area contributed by atoms with Crippen molar-refractivity contribution in [1.29, 1.82) is 0 Å². The van der Waals surface area contributed by atoms with Crippen molar-refractivity contribution in [3.63, 3.8) is 0 Å². The summed E-state index contributed by atoms with van der Waals surface area (Å²) in [4.78, 5) is 7.17. The fourth-order valence-electron chi connectivity index (χ4n) is 4.17. The zero-order chi connectivity index (χ0) is 15.4. The van der Waals surface area contributed by atoms with E-state index >= 15 is 0 Å². The van der Waals surface area contributed by atoms with Gasteiger partial charge in [0.25, 0.3) is 0 Å². The summed E-state index contributed by atoms with van der Waals surface area (Å²) in [5, 5.41) is 12.4. The van der Waals surface area contributed by atoms with E-state index in [4.69, 9.17) is 4.99 Å². The Bertz CT molecular complexity index is 791. The molecule has 5 rings (SSSR count). The van der Waals surface area contributed by atoms with Gasteiger partial charge in [-0.05, 0) is 24.0 Å². The molecule has 2 aromatic carbocycles. The number of aryl methyl sites for hydroxylation is 1. The summed E-state index contributed by atoms with van der Waals surface area (Å²) < 4.78 is 0. The standard InChI is InChI=1S/C19H18N2OS/c22-19(14-7-2-1-3-8-14)12-23-18-20-17-15-9-5-4-6-13(15)10-11-16(17)21(18)19/h1-9,16-17,22H,10-12H2/t16-,17-,19?/m0/s1. The summed E-state index contributed by atoms with van der Waals surface area (Å²) in [6.45, 7) is 0. The number of thioether (sulfide) groups is 1. The van der Waals surface area contributed by atoms with Crippen LogP contribution in [0.4, 0.5) is 0 Å². The average molecular weight is 322 g/mol. The molecule has 1 fully saturated rings. The first-order chi connectivity index (χ1) is 11.3. The van der Waals surface area contributed by atoms with Gasteiger partial charge in [0.2, 0.25) is 0 Å². The van der Waals surface area contributed by atoms with Crippen LogP contribution < -0.4 is 0 Å². The molecule has 1 N–H and O–H groups in total. The summed E-state index contributed by atoms with van der Waals surface area (Å²) in [7, 11) is 0.